The summed E-state index contributed by atoms with van der Waals surface area (Å²) in [6.07, 6.45) is 2.74. The number of methoxy groups -OCH3 is 1. The monoisotopic (exact) mass is 330 g/mol. The number of rotatable bonds is 7. The molecule has 0 aliphatic heterocycles. The maximum Gasteiger partial charge on any atom is 0.0794 e. The maximum absolute atomic E-state index is 6.09. The van der Waals surface area contributed by atoms with E-state index >= 15 is 0 Å². The number of ether oxygens (including phenoxy) is 1. The van der Waals surface area contributed by atoms with Gasteiger partial charge in [-0.2, -0.15) is 0 Å². The Morgan fingerprint density at radius 1 is 1.35 bits per heavy atom. The third-order valence-corrected chi connectivity index (χ3v) is 4.48. The van der Waals surface area contributed by atoms with Crippen molar-refractivity contribution in [1.29, 1.82) is 0 Å². The van der Waals surface area contributed by atoms with Gasteiger partial charge in [-0.1, -0.05) is 29.3 Å². The van der Waals surface area contributed by atoms with E-state index in [2.05, 4.69) is 10.3 Å². The average Bonchev–Trinajstić information content (AvgIpc) is 2.95. The molecule has 1 aromatic carbocycles. The fourth-order valence-corrected chi connectivity index (χ4v) is 2.76. The molecule has 0 spiro atoms. The van der Waals surface area contributed by atoms with Crippen LogP contribution in [0.1, 0.15) is 22.9 Å². The van der Waals surface area contributed by atoms with E-state index in [1.54, 1.807) is 18.4 Å². The van der Waals surface area contributed by atoms with Gasteiger partial charge in [0.05, 0.1) is 15.6 Å². The number of hydrogen-bond donors (Lipinski definition) is 1. The second-order valence-corrected chi connectivity index (χ2v) is 6.14. The average molecular weight is 331 g/mol. The fraction of sp³-hybridized carbons (Fsp3) is 0.357. The zero-order valence-corrected chi connectivity index (χ0v) is 13.4. The van der Waals surface area contributed by atoms with Crippen molar-refractivity contribution in [2.24, 2.45) is 0 Å². The minimum atomic E-state index is 0.173. The summed E-state index contributed by atoms with van der Waals surface area (Å²) in [5, 5.41) is 4.66. The summed E-state index contributed by atoms with van der Waals surface area (Å²) in [5.74, 6) is 0. The van der Waals surface area contributed by atoms with Gasteiger partial charge in [0.1, 0.15) is 0 Å². The van der Waals surface area contributed by atoms with Gasteiger partial charge >= 0.3 is 0 Å². The Morgan fingerprint density at radius 3 is 2.85 bits per heavy atom. The lowest BCUT2D eigenvalue weighted by atomic mass is 10.0. The van der Waals surface area contributed by atoms with E-state index in [0.29, 0.717) is 16.7 Å². The van der Waals surface area contributed by atoms with Crippen LogP contribution in [0.3, 0.4) is 0 Å². The Labute approximate surface area is 132 Å². The van der Waals surface area contributed by atoms with Crippen molar-refractivity contribution in [3.63, 3.8) is 0 Å². The van der Waals surface area contributed by atoms with Crippen molar-refractivity contribution in [3.05, 3.63) is 50.4 Å². The number of nitrogens with zero attached hydrogens (tertiary/aromatic N) is 1. The zero-order valence-electron chi connectivity index (χ0n) is 11.1. The molecule has 2 aromatic rings. The molecular formula is C14H16Cl2N2OS. The lowest BCUT2D eigenvalue weighted by molar-refractivity contribution is 0.182. The van der Waals surface area contributed by atoms with Gasteiger partial charge in [-0.25, -0.2) is 0 Å². The largest absolute Gasteiger partial charge is 0.385 e. The minimum Gasteiger partial charge on any atom is -0.385 e. The third-order valence-electron chi connectivity index (χ3n) is 2.96. The van der Waals surface area contributed by atoms with Crippen LogP contribution in [0.5, 0.6) is 0 Å². The van der Waals surface area contributed by atoms with Gasteiger partial charge in [0.2, 0.25) is 0 Å². The van der Waals surface area contributed by atoms with Gasteiger partial charge in [-0.3, -0.25) is 4.98 Å². The molecule has 0 amide bonds. The van der Waals surface area contributed by atoms with Crippen molar-refractivity contribution in [2.75, 3.05) is 13.7 Å². The van der Waals surface area contributed by atoms with E-state index < -0.39 is 0 Å². The molecule has 0 aliphatic rings. The summed E-state index contributed by atoms with van der Waals surface area (Å²) in [7, 11) is 1.70. The van der Waals surface area contributed by atoms with Crippen molar-refractivity contribution in [1.82, 2.24) is 10.3 Å². The van der Waals surface area contributed by atoms with Crippen LogP contribution in [-0.2, 0) is 11.3 Å². The molecule has 1 N–H and O–H groups in total. The number of thiazole rings is 1. The summed E-state index contributed by atoms with van der Waals surface area (Å²) in [6.45, 7) is 1.46. The minimum absolute atomic E-state index is 0.173. The number of aromatic nitrogens is 1. The van der Waals surface area contributed by atoms with Gasteiger partial charge < -0.3 is 10.1 Å². The Balaban J connectivity index is 2.07. The quantitative estimate of drug-likeness (QED) is 0.820. The standard InChI is InChI=1S/C14H16Cl2N2OS/c1-19-5-4-14(18-8-11-7-17-9-20-11)10-2-3-12(15)13(16)6-10/h2-3,6-7,9,14,18H,4-5,8H2,1H3. The molecule has 3 nitrogen and oxygen atoms in total. The molecular weight excluding hydrogens is 315 g/mol. The van der Waals surface area contributed by atoms with Gasteiger partial charge in [0.25, 0.3) is 0 Å². The SMILES string of the molecule is COCCC(NCc1cncs1)c1ccc(Cl)c(Cl)c1. The predicted molar refractivity (Wildman–Crippen MR) is 84.6 cm³/mol. The highest BCUT2D eigenvalue weighted by molar-refractivity contribution is 7.09. The Kier molecular flexibility index (Phi) is 6.26. The molecule has 1 unspecified atom stereocenters. The van der Waals surface area contributed by atoms with Crippen LogP contribution in [0, 0.1) is 0 Å². The van der Waals surface area contributed by atoms with E-state index in [4.69, 9.17) is 27.9 Å². The van der Waals surface area contributed by atoms with E-state index in [0.717, 1.165) is 18.5 Å². The van der Waals surface area contributed by atoms with Crippen molar-refractivity contribution in [2.45, 2.75) is 19.0 Å². The lowest BCUT2D eigenvalue weighted by Gasteiger charge is -2.19. The molecule has 1 aromatic heterocycles. The first-order valence-electron chi connectivity index (χ1n) is 6.25. The molecule has 2 rings (SSSR count). The summed E-state index contributed by atoms with van der Waals surface area (Å²) in [5.41, 5.74) is 2.95. The summed E-state index contributed by atoms with van der Waals surface area (Å²) in [6, 6.07) is 5.90. The van der Waals surface area contributed by atoms with Crippen LogP contribution in [0.25, 0.3) is 0 Å². The molecule has 0 saturated carbocycles. The van der Waals surface area contributed by atoms with Gasteiger partial charge in [0.15, 0.2) is 0 Å². The first kappa shape index (κ1) is 15.7. The Morgan fingerprint density at radius 2 is 2.20 bits per heavy atom. The number of benzene rings is 1. The van der Waals surface area contributed by atoms with Crippen LogP contribution in [0.15, 0.2) is 29.9 Å². The molecule has 0 radical (unpaired) electrons. The van der Waals surface area contributed by atoms with Gasteiger partial charge in [0, 0.05) is 37.4 Å². The highest BCUT2D eigenvalue weighted by atomic mass is 35.5. The fourth-order valence-electron chi connectivity index (χ4n) is 1.90. The van der Waals surface area contributed by atoms with E-state index in [9.17, 15) is 0 Å². The van der Waals surface area contributed by atoms with Crippen LogP contribution >= 0.6 is 34.5 Å². The predicted octanol–water partition coefficient (Wildman–Crippen LogP) is 4.32. The Hall–Kier alpha value is -0.650. The van der Waals surface area contributed by atoms with E-state index in [1.807, 2.05) is 29.9 Å². The maximum atomic E-state index is 6.09. The summed E-state index contributed by atoms with van der Waals surface area (Å²) < 4.78 is 5.18. The molecule has 108 valence electrons. The van der Waals surface area contributed by atoms with Crippen LogP contribution in [0.4, 0.5) is 0 Å². The normalized spacial score (nSPS) is 12.6. The van der Waals surface area contributed by atoms with Crippen LogP contribution in [0.2, 0.25) is 10.0 Å². The summed E-state index contributed by atoms with van der Waals surface area (Å²) in [4.78, 5) is 5.28. The first-order chi connectivity index (χ1) is 9.70. The van der Waals surface area contributed by atoms with Gasteiger partial charge in [-0.05, 0) is 24.1 Å². The second kappa shape index (κ2) is 7.96. The van der Waals surface area contributed by atoms with Crippen molar-refractivity contribution >= 4 is 34.5 Å². The molecule has 6 heteroatoms. The Bertz CT molecular complexity index is 534. The van der Waals surface area contributed by atoms with Crippen molar-refractivity contribution < 1.29 is 4.74 Å². The zero-order chi connectivity index (χ0) is 14.4. The second-order valence-electron chi connectivity index (χ2n) is 4.36. The van der Waals surface area contributed by atoms with Crippen LogP contribution < -0.4 is 5.32 Å². The van der Waals surface area contributed by atoms with Gasteiger partial charge in [-0.15, -0.1) is 11.3 Å². The first-order valence-corrected chi connectivity index (χ1v) is 7.89. The van der Waals surface area contributed by atoms with Crippen LogP contribution in [-0.4, -0.2) is 18.7 Å². The summed E-state index contributed by atoms with van der Waals surface area (Å²) >= 11 is 13.7. The smallest absolute Gasteiger partial charge is 0.0794 e. The molecule has 20 heavy (non-hydrogen) atoms. The molecule has 1 atom stereocenters. The van der Waals surface area contributed by atoms with E-state index in [1.165, 1.54) is 4.88 Å². The molecule has 0 bridgehead atoms. The van der Waals surface area contributed by atoms with Crippen molar-refractivity contribution in [3.8, 4) is 0 Å². The molecule has 1 heterocycles. The topological polar surface area (TPSA) is 34.1 Å². The molecule has 0 fully saturated rings. The van der Waals surface area contributed by atoms with E-state index in [-0.39, 0.29) is 6.04 Å². The molecule has 0 saturated heterocycles. The number of halogens is 2. The number of nitrogens with one attached hydrogen (secondary N) is 1. The molecule has 0 aliphatic carbocycles. The highest BCUT2D eigenvalue weighted by Gasteiger charge is 2.13. The number of hydrogen-bond acceptors (Lipinski definition) is 4. The third kappa shape index (κ3) is 4.43. The lowest BCUT2D eigenvalue weighted by Crippen LogP contribution is -2.22. The highest BCUT2D eigenvalue weighted by Crippen LogP contribution is 2.27.